The van der Waals surface area contributed by atoms with E-state index in [1.807, 2.05) is 6.07 Å². The highest BCUT2D eigenvalue weighted by Gasteiger charge is 2.45. The van der Waals surface area contributed by atoms with Gasteiger partial charge in [0.25, 0.3) is 5.91 Å². The van der Waals surface area contributed by atoms with E-state index >= 15 is 0 Å². The van der Waals surface area contributed by atoms with Gasteiger partial charge >= 0.3 is 12.4 Å². The molecule has 1 atom stereocenters. The van der Waals surface area contributed by atoms with E-state index in [2.05, 4.69) is 25.4 Å². The van der Waals surface area contributed by atoms with Crippen molar-refractivity contribution in [3.8, 4) is 11.9 Å². The number of pyridine rings is 2. The largest absolute Gasteiger partial charge is 0.433 e. The van der Waals surface area contributed by atoms with Gasteiger partial charge in [-0.1, -0.05) is 0 Å². The van der Waals surface area contributed by atoms with E-state index in [0.29, 0.717) is 6.20 Å². The maximum absolute atomic E-state index is 13.1. The lowest BCUT2D eigenvalue weighted by molar-refractivity contribution is -0.164. The highest BCUT2D eigenvalue weighted by Crippen LogP contribution is 2.39. The van der Waals surface area contributed by atoms with Crippen LogP contribution in [0.25, 0.3) is 5.82 Å². The van der Waals surface area contributed by atoms with Crippen molar-refractivity contribution in [3.63, 3.8) is 0 Å². The molecule has 0 saturated carbocycles. The van der Waals surface area contributed by atoms with Crippen LogP contribution in [0, 0.1) is 11.3 Å². The smallest absolute Gasteiger partial charge is 0.342 e. The number of nitriles is 1. The van der Waals surface area contributed by atoms with Crippen LogP contribution in [0.3, 0.4) is 0 Å². The number of aromatic nitrogens is 5. The van der Waals surface area contributed by atoms with Crippen LogP contribution >= 0.6 is 0 Å². The molecule has 0 aliphatic heterocycles. The Labute approximate surface area is 175 Å². The van der Waals surface area contributed by atoms with Crippen LogP contribution < -0.4 is 5.32 Å². The Kier molecular flexibility index (Phi) is 5.84. The number of nitrogens with zero attached hydrogens (tertiary/aromatic N) is 6. The van der Waals surface area contributed by atoms with Crippen LogP contribution in [-0.4, -0.2) is 30.6 Å². The first-order valence-electron chi connectivity index (χ1n) is 8.63. The highest BCUT2D eigenvalue weighted by molar-refractivity contribution is 5.94. The van der Waals surface area contributed by atoms with Gasteiger partial charge in [0.2, 0.25) is 0 Å². The van der Waals surface area contributed by atoms with Gasteiger partial charge < -0.3 is 5.32 Å². The molecular formula is C18H11F6N7O. The first-order valence-corrected chi connectivity index (χ1v) is 8.63. The number of carbonyl (C=O) groups is 1. The summed E-state index contributed by atoms with van der Waals surface area (Å²) in [5.74, 6) is -0.730. The minimum absolute atomic E-state index is 0.0881. The lowest BCUT2D eigenvalue weighted by atomic mass is 10.1. The van der Waals surface area contributed by atoms with Crippen LogP contribution in [-0.2, 0) is 12.4 Å². The fraction of sp³-hybridized carbons (Fsp3) is 0.222. The Morgan fingerprint density at radius 3 is 2.38 bits per heavy atom. The summed E-state index contributed by atoms with van der Waals surface area (Å²) < 4.78 is 79.0. The molecule has 0 saturated heterocycles. The third kappa shape index (κ3) is 4.66. The lowest BCUT2D eigenvalue weighted by Crippen LogP contribution is -2.30. The Hall–Kier alpha value is -4.02. The third-order valence-corrected chi connectivity index (χ3v) is 4.13. The van der Waals surface area contributed by atoms with Crippen molar-refractivity contribution < 1.29 is 31.1 Å². The minimum Gasteiger partial charge on any atom is -0.342 e. The topological polar surface area (TPSA) is 109 Å². The van der Waals surface area contributed by atoms with E-state index in [0.717, 1.165) is 6.33 Å². The molecule has 0 bridgehead atoms. The molecule has 0 radical (unpaired) electrons. The number of nitrogens with one attached hydrogen (secondary N) is 1. The number of amides is 1. The molecule has 8 nitrogen and oxygen atoms in total. The van der Waals surface area contributed by atoms with Gasteiger partial charge in [-0.25, -0.2) is 9.97 Å². The summed E-state index contributed by atoms with van der Waals surface area (Å²) in [4.78, 5) is 23.2. The second kappa shape index (κ2) is 8.25. The molecule has 0 aliphatic rings. The highest BCUT2D eigenvalue weighted by atomic mass is 19.4. The van der Waals surface area contributed by atoms with Crippen LogP contribution in [0.1, 0.15) is 46.0 Å². The fourth-order valence-electron chi connectivity index (χ4n) is 2.68. The Balaban J connectivity index is 1.87. The molecule has 32 heavy (non-hydrogen) atoms. The molecule has 0 aromatic carbocycles. The zero-order chi connectivity index (χ0) is 23.7. The van der Waals surface area contributed by atoms with E-state index in [-0.39, 0.29) is 23.3 Å². The summed E-state index contributed by atoms with van der Waals surface area (Å²) >= 11 is 0. The van der Waals surface area contributed by atoms with Crippen molar-refractivity contribution >= 4 is 5.91 Å². The Bertz CT molecular complexity index is 1180. The number of halogens is 6. The molecule has 0 spiro atoms. The molecule has 0 fully saturated rings. The van der Waals surface area contributed by atoms with Gasteiger partial charge in [-0.3, -0.25) is 9.78 Å². The van der Waals surface area contributed by atoms with Gasteiger partial charge in [0, 0.05) is 12.4 Å². The molecule has 3 aromatic heterocycles. The summed E-state index contributed by atoms with van der Waals surface area (Å²) in [6, 6.07) is 3.97. The van der Waals surface area contributed by atoms with E-state index in [4.69, 9.17) is 5.26 Å². The monoisotopic (exact) mass is 455 g/mol. The maximum atomic E-state index is 13.1. The molecule has 1 N–H and O–H groups in total. The normalized spacial score (nSPS) is 12.8. The quantitative estimate of drug-likeness (QED) is 0.604. The van der Waals surface area contributed by atoms with Crippen LogP contribution in [0.15, 0.2) is 36.9 Å². The van der Waals surface area contributed by atoms with E-state index in [1.54, 1.807) is 0 Å². The summed E-state index contributed by atoms with van der Waals surface area (Å²) in [5, 5.41) is 15.1. The predicted octanol–water partition coefficient (Wildman–Crippen LogP) is 3.46. The van der Waals surface area contributed by atoms with Gasteiger partial charge in [-0.05, 0) is 25.1 Å². The predicted molar refractivity (Wildman–Crippen MR) is 94.0 cm³/mol. The summed E-state index contributed by atoms with van der Waals surface area (Å²) in [5.41, 5.74) is -4.65. The lowest BCUT2D eigenvalue weighted by Gasteiger charge is -2.17. The molecule has 1 amide bonds. The summed E-state index contributed by atoms with van der Waals surface area (Å²) in [6.45, 7) is 1.43. The van der Waals surface area contributed by atoms with E-state index in [1.165, 1.54) is 29.9 Å². The summed E-state index contributed by atoms with van der Waals surface area (Å²) in [7, 11) is 0. The zero-order valence-corrected chi connectivity index (χ0v) is 15.9. The zero-order valence-electron chi connectivity index (χ0n) is 15.9. The molecule has 166 valence electrons. The number of hydrogen-bond acceptors (Lipinski definition) is 6. The number of hydrogen-bond donors (Lipinski definition) is 1. The van der Waals surface area contributed by atoms with Crippen LogP contribution in [0.2, 0.25) is 0 Å². The number of carbonyl (C=O) groups excluding carboxylic acids is 1. The molecule has 0 unspecified atom stereocenters. The van der Waals surface area contributed by atoms with Crippen LogP contribution in [0.4, 0.5) is 26.3 Å². The van der Waals surface area contributed by atoms with Gasteiger partial charge in [-0.15, -0.1) is 0 Å². The molecule has 3 heterocycles. The van der Waals surface area contributed by atoms with E-state index in [9.17, 15) is 31.1 Å². The van der Waals surface area contributed by atoms with Gasteiger partial charge in [0.1, 0.15) is 12.4 Å². The minimum atomic E-state index is -5.37. The van der Waals surface area contributed by atoms with Crippen molar-refractivity contribution in [2.75, 3.05) is 0 Å². The second-order valence-electron chi connectivity index (χ2n) is 6.36. The molecule has 3 aromatic rings. The van der Waals surface area contributed by atoms with Crippen LogP contribution in [0.5, 0.6) is 0 Å². The maximum Gasteiger partial charge on any atom is 0.433 e. The second-order valence-corrected chi connectivity index (χ2v) is 6.36. The fourth-order valence-corrected chi connectivity index (χ4v) is 2.68. The Morgan fingerprint density at radius 2 is 1.81 bits per heavy atom. The average molecular weight is 455 g/mol. The first kappa shape index (κ1) is 22.7. The van der Waals surface area contributed by atoms with Crippen molar-refractivity contribution in [2.45, 2.75) is 25.3 Å². The van der Waals surface area contributed by atoms with E-state index < -0.39 is 41.1 Å². The van der Waals surface area contributed by atoms with Gasteiger partial charge in [0.15, 0.2) is 17.3 Å². The van der Waals surface area contributed by atoms with Gasteiger partial charge in [-0.2, -0.15) is 41.4 Å². The molecule has 3 rings (SSSR count). The molecule has 14 heteroatoms. The van der Waals surface area contributed by atoms with Crippen molar-refractivity contribution in [3.05, 3.63) is 65.1 Å². The van der Waals surface area contributed by atoms with Gasteiger partial charge in [0.05, 0.1) is 22.7 Å². The standard InChI is InChI=1S/C18H11F6N7O/c1-9(15-28-8-29-31(15)13-3-2-10(5-25)6-26-13)30-16(32)11-4-12(17(19,20)21)14(27-7-11)18(22,23)24/h2-4,6-9H,1H3,(H,30,32)/t9-/m0/s1. The summed E-state index contributed by atoms with van der Waals surface area (Å²) in [6.07, 6.45) is -7.90. The molecular weight excluding hydrogens is 444 g/mol. The van der Waals surface area contributed by atoms with Crippen molar-refractivity contribution in [1.82, 2.24) is 30.0 Å². The third-order valence-electron chi connectivity index (χ3n) is 4.13. The molecule has 0 aliphatic carbocycles. The SMILES string of the molecule is C[C@H](NC(=O)c1cnc(C(F)(F)F)c(C(F)(F)F)c1)c1ncnn1-c1ccc(C#N)cn1. The van der Waals surface area contributed by atoms with Crippen molar-refractivity contribution in [2.24, 2.45) is 0 Å². The van der Waals surface area contributed by atoms with Crippen molar-refractivity contribution in [1.29, 1.82) is 5.26 Å². The number of rotatable bonds is 4. The number of alkyl halides is 6. The average Bonchev–Trinajstić information content (AvgIpc) is 3.22. The Morgan fingerprint density at radius 1 is 1.09 bits per heavy atom. The first-order chi connectivity index (χ1) is 14.9.